The first-order valence-corrected chi connectivity index (χ1v) is 7.74. The molecule has 0 bridgehead atoms. The van der Waals surface area contributed by atoms with Crippen LogP contribution < -0.4 is 0 Å². The molecule has 0 amide bonds. The van der Waals surface area contributed by atoms with E-state index in [1.54, 1.807) is 11.3 Å². The first kappa shape index (κ1) is 12.3. The molecule has 0 aromatic carbocycles. The predicted octanol–water partition coefficient (Wildman–Crippen LogP) is 3.47. The van der Waals surface area contributed by atoms with Gasteiger partial charge in [-0.15, -0.1) is 11.3 Å². The van der Waals surface area contributed by atoms with Crippen LogP contribution in [0.25, 0.3) is 0 Å². The molecule has 0 unspecified atom stereocenters. The normalized spacial score (nSPS) is 22.2. The van der Waals surface area contributed by atoms with Crippen molar-refractivity contribution in [1.82, 2.24) is 4.98 Å². The van der Waals surface area contributed by atoms with E-state index in [0.29, 0.717) is 6.42 Å². The molecule has 2 aliphatic rings. The number of hydrogen-bond acceptors (Lipinski definition) is 4. The fourth-order valence-electron chi connectivity index (χ4n) is 3.11. The van der Waals surface area contributed by atoms with E-state index in [-0.39, 0.29) is 11.4 Å². The van der Waals surface area contributed by atoms with Gasteiger partial charge in [0.2, 0.25) is 0 Å². The van der Waals surface area contributed by atoms with Gasteiger partial charge in [0.15, 0.2) is 5.78 Å². The number of aryl methyl sites for hydroxylation is 1. The fourth-order valence-corrected chi connectivity index (χ4v) is 4.39. The number of carbonyl (C=O) groups is 1. The molecule has 3 rings (SSSR count). The number of nitrogens with zero attached hydrogens (tertiary/aromatic N) is 1. The Morgan fingerprint density at radius 3 is 2.72 bits per heavy atom. The maximum absolute atomic E-state index is 11.9. The first-order valence-electron chi connectivity index (χ1n) is 6.92. The second kappa shape index (κ2) is 4.74. The van der Waals surface area contributed by atoms with Crippen molar-refractivity contribution in [2.75, 3.05) is 6.61 Å². The molecule has 0 aliphatic heterocycles. The summed E-state index contributed by atoms with van der Waals surface area (Å²) < 4.78 is 6.03. The average molecular weight is 265 g/mol. The van der Waals surface area contributed by atoms with Gasteiger partial charge in [0.25, 0.3) is 0 Å². The van der Waals surface area contributed by atoms with Crippen LogP contribution in [0.1, 0.15) is 65.8 Å². The van der Waals surface area contributed by atoms with Crippen molar-refractivity contribution in [3.63, 3.8) is 0 Å². The van der Waals surface area contributed by atoms with Crippen LogP contribution in [0, 0.1) is 0 Å². The van der Waals surface area contributed by atoms with E-state index in [1.807, 2.05) is 6.92 Å². The SMILES string of the molecule is CCOC1(c2nc3c(s2)C(=O)CCC3)CCCC1. The third-order valence-corrected chi connectivity index (χ3v) is 5.31. The quantitative estimate of drug-likeness (QED) is 0.840. The minimum atomic E-state index is -0.183. The van der Waals surface area contributed by atoms with Crippen molar-refractivity contribution in [2.45, 2.75) is 57.5 Å². The van der Waals surface area contributed by atoms with Gasteiger partial charge in [0.05, 0.1) is 10.6 Å². The van der Waals surface area contributed by atoms with Crippen LogP contribution in [0.4, 0.5) is 0 Å². The lowest BCUT2D eigenvalue weighted by molar-refractivity contribution is -0.0392. The van der Waals surface area contributed by atoms with Crippen molar-refractivity contribution in [2.24, 2.45) is 0 Å². The molecule has 0 radical (unpaired) electrons. The molecule has 18 heavy (non-hydrogen) atoms. The van der Waals surface area contributed by atoms with Gasteiger partial charge < -0.3 is 4.74 Å². The third-order valence-electron chi connectivity index (χ3n) is 3.99. The number of hydrogen-bond donors (Lipinski definition) is 0. The van der Waals surface area contributed by atoms with E-state index in [2.05, 4.69) is 0 Å². The molecule has 2 aliphatic carbocycles. The maximum Gasteiger partial charge on any atom is 0.174 e. The van der Waals surface area contributed by atoms with E-state index >= 15 is 0 Å². The van der Waals surface area contributed by atoms with E-state index in [9.17, 15) is 4.79 Å². The number of ketones is 1. The molecule has 0 atom stereocenters. The Morgan fingerprint density at radius 2 is 2.06 bits per heavy atom. The molecule has 1 aromatic rings. The molecule has 1 aromatic heterocycles. The van der Waals surface area contributed by atoms with Crippen LogP contribution in [0.15, 0.2) is 0 Å². The van der Waals surface area contributed by atoms with Crippen molar-refractivity contribution in [3.8, 4) is 0 Å². The van der Waals surface area contributed by atoms with E-state index in [0.717, 1.165) is 47.9 Å². The minimum Gasteiger partial charge on any atom is -0.368 e. The summed E-state index contributed by atoms with van der Waals surface area (Å²) in [5.74, 6) is 0.282. The molecule has 0 saturated heterocycles. The molecule has 1 saturated carbocycles. The lowest BCUT2D eigenvalue weighted by atomic mass is 10.0. The summed E-state index contributed by atoms with van der Waals surface area (Å²) in [5, 5.41) is 1.06. The zero-order valence-corrected chi connectivity index (χ0v) is 11.6. The molecular formula is C14H19NO2S. The highest BCUT2D eigenvalue weighted by Gasteiger charge is 2.40. The summed E-state index contributed by atoms with van der Waals surface area (Å²) in [6, 6.07) is 0. The van der Waals surface area contributed by atoms with Crippen LogP contribution in [-0.4, -0.2) is 17.4 Å². The number of ether oxygens (including phenoxy) is 1. The van der Waals surface area contributed by atoms with Crippen LogP contribution in [0.3, 0.4) is 0 Å². The Morgan fingerprint density at radius 1 is 1.28 bits per heavy atom. The largest absolute Gasteiger partial charge is 0.368 e. The molecule has 0 N–H and O–H groups in total. The Balaban J connectivity index is 1.98. The second-order valence-corrected chi connectivity index (χ2v) is 6.21. The Bertz CT molecular complexity index is 460. The maximum atomic E-state index is 11.9. The van der Waals surface area contributed by atoms with Gasteiger partial charge in [0.1, 0.15) is 10.6 Å². The number of fused-ring (bicyclic) bond motifs is 1. The zero-order chi connectivity index (χ0) is 12.6. The molecule has 1 fully saturated rings. The van der Waals surface area contributed by atoms with Gasteiger partial charge in [-0.05, 0) is 32.6 Å². The summed E-state index contributed by atoms with van der Waals surface area (Å²) in [4.78, 5) is 17.6. The lowest BCUT2D eigenvalue weighted by Crippen LogP contribution is -2.26. The molecule has 0 spiro atoms. The van der Waals surface area contributed by atoms with Gasteiger partial charge in [-0.2, -0.15) is 0 Å². The summed E-state index contributed by atoms with van der Waals surface area (Å²) in [7, 11) is 0. The standard InChI is InChI=1S/C14H19NO2S/c1-2-17-14(8-3-4-9-14)13-15-10-6-5-7-11(16)12(10)18-13/h2-9H2,1H3. The van der Waals surface area contributed by atoms with Gasteiger partial charge in [-0.25, -0.2) is 4.98 Å². The molecule has 3 nitrogen and oxygen atoms in total. The Labute approximate surface area is 112 Å². The first-order chi connectivity index (χ1) is 8.75. The van der Waals surface area contributed by atoms with Gasteiger partial charge in [0, 0.05) is 13.0 Å². The highest BCUT2D eigenvalue weighted by Crippen LogP contribution is 2.45. The topological polar surface area (TPSA) is 39.2 Å². The van der Waals surface area contributed by atoms with Crippen LogP contribution in [-0.2, 0) is 16.8 Å². The van der Waals surface area contributed by atoms with Crippen LogP contribution >= 0.6 is 11.3 Å². The van der Waals surface area contributed by atoms with Crippen molar-refractivity contribution >= 4 is 17.1 Å². The highest BCUT2D eigenvalue weighted by molar-refractivity contribution is 7.14. The monoisotopic (exact) mass is 265 g/mol. The molecular weight excluding hydrogens is 246 g/mol. The van der Waals surface area contributed by atoms with Gasteiger partial charge >= 0.3 is 0 Å². The van der Waals surface area contributed by atoms with Gasteiger partial charge in [-0.3, -0.25) is 4.79 Å². The van der Waals surface area contributed by atoms with Crippen LogP contribution in [0.5, 0.6) is 0 Å². The second-order valence-electron chi connectivity index (χ2n) is 5.21. The number of Topliss-reactive ketones (excluding diaryl/α,β-unsaturated/α-hetero) is 1. The predicted molar refractivity (Wildman–Crippen MR) is 71.2 cm³/mol. The van der Waals surface area contributed by atoms with Crippen molar-refractivity contribution in [3.05, 3.63) is 15.6 Å². The molecule has 98 valence electrons. The van der Waals surface area contributed by atoms with E-state index in [1.165, 1.54) is 12.8 Å². The van der Waals surface area contributed by atoms with Crippen molar-refractivity contribution < 1.29 is 9.53 Å². The number of rotatable bonds is 3. The highest BCUT2D eigenvalue weighted by atomic mass is 32.1. The Kier molecular flexibility index (Phi) is 3.24. The van der Waals surface area contributed by atoms with Crippen LogP contribution in [0.2, 0.25) is 0 Å². The number of carbonyl (C=O) groups excluding carboxylic acids is 1. The number of thiazole rings is 1. The van der Waals surface area contributed by atoms with E-state index < -0.39 is 0 Å². The number of aromatic nitrogens is 1. The molecule has 4 heteroatoms. The summed E-state index contributed by atoms with van der Waals surface area (Å²) in [6.07, 6.45) is 7.13. The van der Waals surface area contributed by atoms with Gasteiger partial charge in [-0.1, -0.05) is 12.8 Å². The van der Waals surface area contributed by atoms with Crippen molar-refractivity contribution in [1.29, 1.82) is 0 Å². The van der Waals surface area contributed by atoms with E-state index in [4.69, 9.17) is 9.72 Å². The molecule has 1 heterocycles. The lowest BCUT2D eigenvalue weighted by Gasteiger charge is -2.26. The third kappa shape index (κ3) is 1.91. The smallest absolute Gasteiger partial charge is 0.174 e. The summed E-state index contributed by atoms with van der Waals surface area (Å²) in [5.41, 5.74) is 0.842. The Hall–Kier alpha value is -0.740. The zero-order valence-electron chi connectivity index (χ0n) is 10.8. The summed E-state index contributed by atoms with van der Waals surface area (Å²) >= 11 is 1.59. The average Bonchev–Trinajstić information content (AvgIpc) is 2.97. The minimum absolute atomic E-state index is 0.183. The fraction of sp³-hybridized carbons (Fsp3) is 0.714. The summed E-state index contributed by atoms with van der Waals surface area (Å²) in [6.45, 7) is 2.76.